The molecule has 0 fully saturated rings. The standard InChI is InChI=1S/C16H27NO/c1-5-16(13-17-6-2,12-14(3)18-4)15-10-8-7-9-11-15/h7-11,14,17H,5-6,12-13H2,1-4H3. The van der Waals surface area contributed by atoms with Gasteiger partial charge in [0.15, 0.2) is 0 Å². The third kappa shape index (κ3) is 3.82. The monoisotopic (exact) mass is 249 g/mol. The van der Waals surface area contributed by atoms with Gasteiger partial charge < -0.3 is 10.1 Å². The zero-order valence-corrected chi connectivity index (χ0v) is 12.2. The molecule has 1 aromatic rings. The second-order valence-corrected chi connectivity index (χ2v) is 5.03. The van der Waals surface area contributed by atoms with Crippen molar-refractivity contribution in [3.8, 4) is 0 Å². The molecule has 102 valence electrons. The molecule has 0 aliphatic rings. The van der Waals surface area contributed by atoms with Crippen molar-refractivity contribution in [2.45, 2.75) is 45.1 Å². The molecule has 0 bridgehead atoms. The molecule has 0 aliphatic heterocycles. The molecule has 0 aromatic heterocycles. The molecule has 2 unspecified atom stereocenters. The van der Waals surface area contributed by atoms with E-state index in [9.17, 15) is 0 Å². The van der Waals surface area contributed by atoms with Gasteiger partial charge in [-0.15, -0.1) is 0 Å². The van der Waals surface area contributed by atoms with Crippen molar-refractivity contribution in [2.75, 3.05) is 20.2 Å². The van der Waals surface area contributed by atoms with E-state index in [0.717, 1.165) is 25.9 Å². The van der Waals surface area contributed by atoms with E-state index < -0.39 is 0 Å². The van der Waals surface area contributed by atoms with Crippen LogP contribution >= 0.6 is 0 Å². The summed E-state index contributed by atoms with van der Waals surface area (Å²) < 4.78 is 5.48. The Balaban J connectivity index is 2.97. The number of benzene rings is 1. The van der Waals surface area contributed by atoms with E-state index in [0.29, 0.717) is 0 Å². The van der Waals surface area contributed by atoms with Crippen molar-refractivity contribution in [3.05, 3.63) is 35.9 Å². The Bertz CT molecular complexity index is 325. The van der Waals surface area contributed by atoms with Gasteiger partial charge >= 0.3 is 0 Å². The number of ether oxygens (including phenoxy) is 1. The molecule has 2 heteroatoms. The van der Waals surface area contributed by atoms with Gasteiger partial charge in [-0.05, 0) is 31.9 Å². The predicted molar refractivity (Wildman–Crippen MR) is 78.0 cm³/mol. The van der Waals surface area contributed by atoms with Crippen LogP contribution in [0, 0.1) is 0 Å². The highest BCUT2D eigenvalue weighted by atomic mass is 16.5. The first-order valence-electron chi connectivity index (χ1n) is 6.97. The first kappa shape index (κ1) is 15.2. The summed E-state index contributed by atoms with van der Waals surface area (Å²) in [5.41, 5.74) is 1.59. The Morgan fingerprint density at radius 3 is 2.39 bits per heavy atom. The van der Waals surface area contributed by atoms with Crippen LogP contribution in [0.4, 0.5) is 0 Å². The van der Waals surface area contributed by atoms with Gasteiger partial charge in [0.05, 0.1) is 6.10 Å². The maximum Gasteiger partial charge on any atom is 0.0552 e. The van der Waals surface area contributed by atoms with Crippen molar-refractivity contribution in [1.29, 1.82) is 0 Å². The quantitative estimate of drug-likeness (QED) is 0.762. The van der Waals surface area contributed by atoms with Crippen LogP contribution in [-0.2, 0) is 10.2 Å². The summed E-state index contributed by atoms with van der Waals surface area (Å²) in [6, 6.07) is 10.8. The molecule has 0 saturated heterocycles. The lowest BCUT2D eigenvalue weighted by atomic mass is 9.74. The minimum atomic E-state index is 0.173. The van der Waals surface area contributed by atoms with E-state index in [-0.39, 0.29) is 11.5 Å². The fourth-order valence-electron chi connectivity index (χ4n) is 2.56. The lowest BCUT2D eigenvalue weighted by Crippen LogP contribution is -2.40. The Morgan fingerprint density at radius 2 is 1.89 bits per heavy atom. The number of likely N-dealkylation sites (N-methyl/N-ethyl adjacent to an activating group) is 1. The van der Waals surface area contributed by atoms with Gasteiger partial charge in [0.2, 0.25) is 0 Å². The average Bonchev–Trinajstić information content (AvgIpc) is 2.44. The first-order chi connectivity index (χ1) is 8.68. The second kappa shape index (κ2) is 7.55. The fourth-order valence-corrected chi connectivity index (χ4v) is 2.56. The van der Waals surface area contributed by atoms with Gasteiger partial charge in [-0.25, -0.2) is 0 Å². The van der Waals surface area contributed by atoms with Gasteiger partial charge in [-0.2, -0.15) is 0 Å². The van der Waals surface area contributed by atoms with Crippen molar-refractivity contribution < 1.29 is 4.74 Å². The molecule has 1 N–H and O–H groups in total. The van der Waals surface area contributed by atoms with Gasteiger partial charge in [-0.3, -0.25) is 0 Å². The lowest BCUT2D eigenvalue weighted by molar-refractivity contribution is 0.0847. The van der Waals surface area contributed by atoms with Gasteiger partial charge in [0.1, 0.15) is 0 Å². The van der Waals surface area contributed by atoms with E-state index >= 15 is 0 Å². The van der Waals surface area contributed by atoms with E-state index in [4.69, 9.17) is 4.74 Å². The molecule has 0 aliphatic carbocycles. The summed E-state index contributed by atoms with van der Waals surface area (Å²) in [4.78, 5) is 0. The molecule has 1 aromatic carbocycles. The predicted octanol–water partition coefficient (Wildman–Crippen LogP) is 3.37. The third-order valence-corrected chi connectivity index (χ3v) is 3.86. The van der Waals surface area contributed by atoms with E-state index in [1.807, 2.05) is 0 Å². The highest BCUT2D eigenvalue weighted by molar-refractivity contribution is 5.26. The maximum absolute atomic E-state index is 5.48. The molecule has 0 spiro atoms. The van der Waals surface area contributed by atoms with E-state index in [1.54, 1.807) is 7.11 Å². The molecule has 2 nitrogen and oxygen atoms in total. The van der Waals surface area contributed by atoms with Crippen molar-refractivity contribution >= 4 is 0 Å². The smallest absolute Gasteiger partial charge is 0.0552 e. The molecular weight excluding hydrogens is 222 g/mol. The Kier molecular flexibility index (Phi) is 6.37. The zero-order valence-electron chi connectivity index (χ0n) is 12.2. The van der Waals surface area contributed by atoms with E-state index in [2.05, 4.69) is 56.4 Å². The molecular formula is C16H27NO. The van der Waals surface area contributed by atoms with Gasteiger partial charge in [-0.1, -0.05) is 44.2 Å². The molecule has 0 heterocycles. The number of hydrogen-bond donors (Lipinski definition) is 1. The van der Waals surface area contributed by atoms with Crippen LogP contribution < -0.4 is 5.32 Å². The first-order valence-corrected chi connectivity index (χ1v) is 6.97. The summed E-state index contributed by atoms with van der Waals surface area (Å²) >= 11 is 0. The number of nitrogens with one attached hydrogen (secondary N) is 1. The van der Waals surface area contributed by atoms with Crippen LogP contribution in [0.1, 0.15) is 39.2 Å². The lowest BCUT2D eigenvalue weighted by Gasteiger charge is -2.36. The van der Waals surface area contributed by atoms with Crippen LogP contribution in [0.15, 0.2) is 30.3 Å². The Hall–Kier alpha value is -0.860. The van der Waals surface area contributed by atoms with Crippen molar-refractivity contribution in [2.24, 2.45) is 0 Å². The van der Waals surface area contributed by atoms with Gasteiger partial charge in [0.25, 0.3) is 0 Å². The molecule has 18 heavy (non-hydrogen) atoms. The number of hydrogen-bond acceptors (Lipinski definition) is 2. The molecule has 0 saturated carbocycles. The minimum Gasteiger partial charge on any atom is -0.382 e. The summed E-state index contributed by atoms with van der Waals surface area (Å²) in [5.74, 6) is 0. The molecule has 1 rings (SSSR count). The highest BCUT2D eigenvalue weighted by Crippen LogP contribution is 2.33. The largest absolute Gasteiger partial charge is 0.382 e. The van der Waals surface area contributed by atoms with Crippen LogP contribution in [0.5, 0.6) is 0 Å². The molecule has 0 radical (unpaired) electrons. The van der Waals surface area contributed by atoms with E-state index in [1.165, 1.54) is 5.56 Å². The number of methoxy groups -OCH3 is 1. The second-order valence-electron chi connectivity index (χ2n) is 5.03. The zero-order chi connectivity index (χ0) is 13.4. The third-order valence-electron chi connectivity index (χ3n) is 3.86. The highest BCUT2D eigenvalue weighted by Gasteiger charge is 2.31. The normalized spacial score (nSPS) is 16.2. The summed E-state index contributed by atoms with van der Waals surface area (Å²) in [6.07, 6.45) is 2.46. The fraction of sp³-hybridized carbons (Fsp3) is 0.625. The molecule has 2 atom stereocenters. The summed E-state index contributed by atoms with van der Waals surface area (Å²) in [6.45, 7) is 8.60. The van der Waals surface area contributed by atoms with Crippen LogP contribution in [0.25, 0.3) is 0 Å². The SMILES string of the molecule is CCNCC(CC)(CC(C)OC)c1ccccc1. The Morgan fingerprint density at radius 1 is 1.22 bits per heavy atom. The topological polar surface area (TPSA) is 21.3 Å². The van der Waals surface area contributed by atoms with Crippen molar-refractivity contribution in [3.63, 3.8) is 0 Å². The Labute approximate surface area is 112 Å². The average molecular weight is 249 g/mol. The molecule has 0 amide bonds. The van der Waals surface area contributed by atoms with Crippen molar-refractivity contribution in [1.82, 2.24) is 5.32 Å². The number of rotatable bonds is 8. The maximum atomic E-state index is 5.48. The van der Waals surface area contributed by atoms with Crippen LogP contribution in [0.2, 0.25) is 0 Å². The minimum absolute atomic E-state index is 0.173. The van der Waals surface area contributed by atoms with Crippen LogP contribution in [0.3, 0.4) is 0 Å². The van der Waals surface area contributed by atoms with Gasteiger partial charge in [0, 0.05) is 19.1 Å². The van der Waals surface area contributed by atoms with Crippen LogP contribution in [-0.4, -0.2) is 26.3 Å². The summed E-state index contributed by atoms with van der Waals surface area (Å²) in [5, 5.41) is 3.51. The summed E-state index contributed by atoms with van der Waals surface area (Å²) in [7, 11) is 1.79.